The van der Waals surface area contributed by atoms with Crippen LogP contribution >= 0.6 is 0 Å². The molecule has 0 aromatic heterocycles. The Bertz CT molecular complexity index is 621. The Labute approximate surface area is 161 Å². The summed E-state index contributed by atoms with van der Waals surface area (Å²) in [6, 6.07) is 5.81. The minimum Gasteiger partial charge on any atom is -0.353 e. The van der Waals surface area contributed by atoms with E-state index in [-0.39, 0.29) is 24.1 Å². The van der Waals surface area contributed by atoms with E-state index in [0.29, 0.717) is 44.6 Å². The quantitative estimate of drug-likeness (QED) is 0.758. The minimum atomic E-state index is -0.488. The Kier molecular flexibility index (Phi) is 7.78. The van der Waals surface area contributed by atoms with Gasteiger partial charge in [0.25, 0.3) is 0 Å². The van der Waals surface area contributed by atoms with Crippen LogP contribution in [0.1, 0.15) is 39.7 Å². The minimum absolute atomic E-state index is 0.0172. The van der Waals surface area contributed by atoms with Crippen LogP contribution in [0, 0.1) is 17.7 Å². The molecule has 1 aromatic rings. The van der Waals surface area contributed by atoms with Gasteiger partial charge in [-0.2, -0.15) is 0 Å². The molecule has 0 radical (unpaired) electrons. The number of carbonyl (C=O) groups is 2. The Balaban J connectivity index is 2.09. The monoisotopic (exact) mass is 377 g/mol. The van der Waals surface area contributed by atoms with Crippen LogP contribution in [0.2, 0.25) is 0 Å². The molecule has 1 N–H and O–H groups in total. The molecule has 1 aliphatic heterocycles. The van der Waals surface area contributed by atoms with Crippen molar-refractivity contribution in [3.05, 3.63) is 35.6 Å². The van der Waals surface area contributed by atoms with E-state index in [1.807, 2.05) is 9.80 Å². The fraction of sp³-hybridized carbons (Fsp3) is 0.619. The van der Waals surface area contributed by atoms with Gasteiger partial charge in [-0.25, -0.2) is 4.39 Å². The number of carbonyl (C=O) groups excluding carboxylic acids is 2. The molecular weight excluding hydrogens is 345 g/mol. The largest absolute Gasteiger partial charge is 0.353 e. The molecule has 1 fully saturated rings. The van der Waals surface area contributed by atoms with E-state index in [9.17, 15) is 14.0 Å². The zero-order chi connectivity index (χ0) is 20.0. The van der Waals surface area contributed by atoms with Gasteiger partial charge in [-0.15, -0.1) is 0 Å². The first-order valence-electron chi connectivity index (χ1n) is 9.80. The number of amides is 2. The van der Waals surface area contributed by atoms with E-state index in [1.165, 1.54) is 12.1 Å². The summed E-state index contributed by atoms with van der Waals surface area (Å²) in [6.45, 7) is 11.5. The number of halogens is 1. The van der Waals surface area contributed by atoms with Crippen LogP contribution in [0.25, 0.3) is 0 Å². The Hall–Kier alpha value is -1.95. The van der Waals surface area contributed by atoms with Crippen LogP contribution in [-0.4, -0.2) is 53.8 Å². The van der Waals surface area contributed by atoms with Crippen LogP contribution in [0.5, 0.6) is 0 Å². The smallest absolute Gasteiger partial charge is 0.237 e. The zero-order valence-electron chi connectivity index (χ0n) is 16.9. The number of nitrogens with one attached hydrogen (secondary N) is 1. The highest BCUT2D eigenvalue weighted by Crippen LogP contribution is 2.16. The van der Waals surface area contributed by atoms with Gasteiger partial charge in [-0.05, 0) is 29.5 Å². The summed E-state index contributed by atoms with van der Waals surface area (Å²) in [5.74, 6) is 0.389. The molecule has 5 nitrogen and oxygen atoms in total. The maximum atomic E-state index is 13.1. The summed E-state index contributed by atoms with van der Waals surface area (Å²) in [5.41, 5.74) is 0.935. The van der Waals surface area contributed by atoms with Crippen LogP contribution in [0.3, 0.4) is 0 Å². The molecule has 150 valence electrons. The predicted octanol–water partition coefficient (Wildman–Crippen LogP) is 2.66. The fourth-order valence-electron chi connectivity index (χ4n) is 3.45. The van der Waals surface area contributed by atoms with Gasteiger partial charge >= 0.3 is 0 Å². The first-order chi connectivity index (χ1) is 12.8. The van der Waals surface area contributed by atoms with Crippen LogP contribution in [0.4, 0.5) is 4.39 Å². The maximum Gasteiger partial charge on any atom is 0.237 e. The average molecular weight is 378 g/mol. The number of rotatable bonds is 8. The van der Waals surface area contributed by atoms with E-state index in [2.05, 4.69) is 33.0 Å². The average Bonchev–Trinajstić information content (AvgIpc) is 2.58. The zero-order valence-corrected chi connectivity index (χ0v) is 16.9. The second-order valence-corrected chi connectivity index (χ2v) is 8.19. The molecule has 0 aliphatic carbocycles. The lowest BCUT2D eigenvalue weighted by atomic mass is 10.0. The number of benzene rings is 1. The van der Waals surface area contributed by atoms with Crippen molar-refractivity contribution in [2.24, 2.45) is 11.8 Å². The van der Waals surface area contributed by atoms with E-state index in [0.717, 1.165) is 5.56 Å². The van der Waals surface area contributed by atoms with Gasteiger partial charge in [-0.1, -0.05) is 39.8 Å². The van der Waals surface area contributed by atoms with Gasteiger partial charge in [0, 0.05) is 32.7 Å². The molecule has 1 aliphatic rings. The van der Waals surface area contributed by atoms with Gasteiger partial charge in [0.1, 0.15) is 5.82 Å². The summed E-state index contributed by atoms with van der Waals surface area (Å²) in [5, 5.41) is 2.87. The lowest BCUT2D eigenvalue weighted by molar-refractivity contribution is -0.139. The molecule has 2 amide bonds. The molecule has 2 rings (SSSR count). The molecule has 1 saturated heterocycles. The van der Waals surface area contributed by atoms with Crippen molar-refractivity contribution in [3.8, 4) is 0 Å². The van der Waals surface area contributed by atoms with Gasteiger partial charge < -0.3 is 10.2 Å². The Morgan fingerprint density at radius 3 is 2.33 bits per heavy atom. The fourth-order valence-corrected chi connectivity index (χ4v) is 3.45. The molecule has 1 heterocycles. The lowest BCUT2D eigenvalue weighted by Gasteiger charge is -2.36. The maximum absolute atomic E-state index is 13.1. The van der Waals surface area contributed by atoms with Gasteiger partial charge in [0.05, 0.1) is 12.5 Å². The summed E-state index contributed by atoms with van der Waals surface area (Å²) in [4.78, 5) is 29.3. The third kappa shape index (κ3) is 6.61. The van der Waals surface area contributed by atoms with Gasteiger partial charge in [0.2, 0.25) is 11.8 Å². The third-order valence-corrected chi connectivity index (χ3v) is 4.63. The highest BCUT2D eigenvalue weighted by atomic mass is 19.1. The van der Waals surface area contributed by atoms with E-state index in [1.54, 1.807) is 12.1 Å². The Morgan fingerprint density at radius 2 is 1.78 bits per heavy atom. The third-order valence-electron chi connectivity index (χ3n) is 4.63. The van der Waals surface area contributed by atoms with Crippen LogP contribution in [-0.2, 0) is 16.1 Å². The van der Waals surface area contributed by atoms with Gasteiger partial charge in [-0.3, -0.25) is 14.5 Å². The number of hydrogen-bond donors (Lipinski definition) is 1. The molecule has 6 heteroatoms. The molecule has 1 aromatic carbocycles. The lowest BCUT2D eigenvalue weighted by Crippen LogP contribution is -2.56. The van der Waals surface area contributed by atoms with E-state index in [4.69, 9.17) is 0 Å². The molecule has 27 heavy (non-hydrogen) atoms. The van der Waals surface area contributed by atoms with Crippen molar-refractivity contribution in [1.29, 1.82) is 0 Å². The molecule has 1 atom stereocenters. The number of hydrogen-bond acceptors (Lipinski definition) is 3. The first kappa shape index (κ1) is 21.4. The first-order valence-corrected chi connectivity index (χ1v) is 9.80. The molecule has 0 saturated carbocycles. The normalized spacial score (nSPS) is 18.0. The van der Waals surface area contributed by atoms with Crippen molar-refractivity contribution < 1.29 is 14.0 Å². The van der Waals surface area contributed by atoms with Crippen LogP contribution < -0.4 is 5.32 Å². The highest BCUT2D eigenvalue weighted by Gasteiger charge is 2.33. The summed E-state index contributed by atoms with van der Waals surface area (Å²) < 4.78 is 13.1. The predicted molar refractivity (Wildman–Crippen MR) is 104 cm³/mol. The molecule has 0 bridgehead atoms. The molecule has 0 spiro atoms. The standard InChI is InChI=1S/C21H32FN3O2/c1-15(2)12-25(13-16(3)4)20(26)11-19-21(27)23-9-10-24(19)14-17-5-7-18(22)8-6-17/h5-8,15-16,19H,9-14H2,1-4H3,(H,23,27)/t19-/m0/s1. The van der Waals surface area contributed by atoms with Crippen molar-refractivity contribution in [3.63, 3.8) is 0 Å². The van der Waals surface area contributed by atoms with E-state index >= 15 is 0 Å². The highest BCUT2D eigenvalue weighted by molar-refractivity contribution is 5.88. The van der Waals surface area contributed by atoms with Crippen molar-refractivity contribution in [2.45, 2.75) is 46.7 Å². The molecule has 0 unspecified atom stereocenters. The van der Waals surface area contributed by atoms with E-state index < -0.39 is 6.04 Å². The second kappa shape index (κ2) is 9.83. The van der Waals surface area contributed by atoms with Crippen LogP contribution in [0.15, 0.2) is 24.3 Å². The van der Waals surface area contributed by atoms with Gasteiger partial charge in [0.15, 0.2) is 0 Å². The summed E-state index contributed by atoms with van der Waals surface area (Å²) in [7, 11) is 0. The number of nitrogens with zero attached hydrogens (tertiary/aromatic N) is 2. The van der Waals surface area contributed by atoms with Crippen molar-refractivity contribution in [2.75, 3.05) is 26.2 Å². The Morgan fingerprint density at radius 1 is 1.19 bits per heavy atom. The topological polar surface area (TPSA) is 52.7 Å². The second-order valence-electron chi connectivity index (χ2n) is 8.19. The van der Waals surface area contributed by atoms with Crippen molar-refractivity contribution >= 4 is 11.8 Å². The molecular formula is C21H32FN3O2. The number of piperazine rings is 1. The summed E-state index contributed by atoms with van der Waals surface area (Å²) >= 11 is 0. The van der Waals surface area contributed by atoms with Crippen molar-refractivity contribution in [1.82, 2.24) is 15.1 Å². The summed E-state index contributed by atoms with van der Waals surface area (Å²) in [6.07, 6.45) is 0.173. The SMILES string of the molecule is CC(C)CN(CC(C)C)C(=O)C[C@H]1C(=O)NCCN1Cc1ccc(F)cc1.